The van der Waals surface area contributed by atoms with Crippen LogP contribution in [0.15, 0.2) is 27.4 Å². The fraction of sp³-hybridized carbons (Fsp3) is 0.533. The van der Waals surface area contributed by atoms with E-state index in [2.05, 4.69) is 29.3 Å². The molecule has 1 unspecified atom stereocenters. The molecule has 20 heavy (non-hydrogen) atoms. The Labute approximate surface area is 118 Å². The summed E-state index contributed by atoms with van der Waals surface area (Å²) in [5.41, 5.74) is 2.80. The van der Waals surface area contributed by atoms with Gasteiger partial charge in [-0.15, -0.1) is 0 Å². The molecule has 1 aliphatic rings. The predicted octanol–water partition coefficient (Wildman–Crippen LogP) is 1.49. The maximum Gasteiger partial charge on any atom is 0.419 e. The molecule has 1 atom stereocenters. The highest BCUT2D eigenvalue weighted by atomic mass is 16.4. The molecule has 2 heterocycles. The number of hydrogen-bond acceptors (Lipinski definition) is 4. The van der Waals surface area contributed by atoms with Crippen LogP contribution in [0.1, 0.15) is 24.9 Å². The van der Waals surface area contributed by atoms with E-state index in [1.165, 1.54) is 5.56 Å². The maximum absolute atomic E-state index is 11.6. The summed E-state index contributed by atoms with van der Waals surface area (Å²) in [5.74, 6) is -0.299. The average Bonchev–Trinajstić information content (AvgIpc) is 2.76. The van der Waals surface area contributed by atoms with Gasteiger partial charge < -0.3 is 9.73 Å². The van der Waals surface area contributed by atoms with Gasteiger partial charge >= 0.3 is 5.76 Å². The zero-order valence-electron chi connectivity index (χ0n) is 12.1. The van der Waals surface area contributed by atoms with Crippen molar-refractivity contribution >= 4 is 11.1 Å². The molecule has 3 rings (SSSR count). The molecule has 1 saturated heterocycles. The van der Waals surface area contributed by atoms with E-state index in [9.17, 15) is 4.79 Å². The first-order valence-corrected chi connectivity index (χ1v) is 7.25. The van der Waals surface area contributed by atoms with Crippen LogP contribution in [0.5, 0.6) is 0 Å². The van der Waals surface area contributed by atoms with Gasteiger partial charge in [-0.05, 0) is 24.1 Å². The summed E-state index contributed by atoms with van der Waals surface area (Å²) in [4.78, 5) is 14.1. The summed E-state index contributed by atoms with van der Waals surface area (Å²) in [6.45, 7) is 6.44. The third kappa shape index (κ3) is 2.27. The Hall–Kier alpha value is -1.59. The molecular formula is C15H21N3O2. The number of nitrogens with zero attached hydrogens (tertiary/aromatic N) is 2. The summed E-state index contributed by atoms with van der Waals surface area (Å²) >= 11 is 0. The number of hydrogen-bond donors (Lipinski definition) is 1. The molecule has 0 amide bonds. The maximum atomic E-state index is 11.6. The predicted molar refractivity (Wildman–Crippen MR) is 78.9 cm³/mol. The lowest BCUT2D eigenvalue weighted by Crippen LogP contribution is -2.45. The van der Waals surface area contributed by atoms with Crippen LogP contribution in [-0.2, 0) is 7.05 Å². The highest BCUT2D eigenvalue weighted by molar-refractivity contribution is 5.73. The lowest BCUT2D eigenvalue weighted by Gasteiger charge is -2.34. The van der Waals surface area contributed by atoms with Crippen molar-refractivity contribution in [3.05, 3.63) is 34.3 Å². The number of aromatic nitrogens is 1. The normalized spacial score (nSPS) is 18.5. The summed E-state index contributed by atoms with van der Waals surface area (Å²) in [6.07, 6.45) is 1.07. The largest absolute Gasteiger partial charge is 0.419 e. The van der Waals surface area contributed by atoms with Crippen molar-refractivity contribution in [2.75, 3.05) is 26.2 Å². The number of benzene rings is 1. The van der Waals surface area contributed by atoms with Crippen LogP contribution in [-0.4, -0.2) is 35.6 Å². The van der Waals surface area contributed by atoms with Gasteiger partial charge in [0.15, 0.2) is 5.58 Å². The molecule has 108 valence electrons. The van der Waals surface area contributed by atoms with E-state index < -0.39 is 0 Å². The Bertz CT molecular complexity index is 653. The fourth-order valence-electron chi connectivity index (χ4n) is 3.05. The molecule has 1 fully saturated rings. The Kier molecular flexibility index (Phi) is 3.63. The van der Waals surface area contributed by atoms with Gasteiger partial charge in [0.1, 0.15) is 0 Å². The van der Waals surface area contributed by atoms with Gasteiger partial charge in [-0.2, -0.15) is 0 Å². The van der Waals surface area contributed by atoms with Crippen LogP contribution in [0.2, 0.25) is 0 Å². The lowest BCUT2D eigenvalue weighted by atomic mass is 10.0. The van der Waals surface area contributed by atoms with Crippen molar-refractivity contribution in [3.63, 3.8) is 0 Å². The molecule has 0 aliphatic carbocycles. The fourth-order valence-corrected chi connectivity index (χ4v) is 3.05. The number of fused-ring (bicyclic) bond motifs is 1. The Morgan fingerprint density at radius 2 is 2.10 bits per heavy atom. The summed E-state index contributed by atoms with van der Waals surface area (Å²) in [7, 11) is 1.75. The number of rotatable bonds is 3. The second-order valence-electron chi connectivity index (χ2n) is 5.36. The highest BCUT2D eigenvalue weighted by Gasteiger charge is 2.21. The molecule has 1 aromatic heterocycles. The average molecular weight is 275 g/mol. The van der Waals surface area contributed by atoms with Gasteiger partial charge in [0.25, 0.3) is 0 Å². The molecular weight excluding hydrogens is 254 g/mol. The SMILES string of the molecule is CCC(c1ccc2oc(=O)n(C)c2c1)N1CCNCC1. The number of piperazine rings is 1. The van der Waals surface area contributed by atoms with Crippen molar-refractivity contribution in [2.45, 2.75) is 19.4 Å². The van der Waals surface area contributed by atoms with E-state index in [0.29, 0.717) is 11.6 Å². The number of nitrogens with one attached hydrogen (secondary N) is 1. The molecule has 0 saturated carbocycles. The molecule has 0 spiro atoms. The first-order chi connectivity index (χ1) is 9.70. The van der Waals surface area contributed by atoms with Crippen molar-refractivity contribution in [2.24, 2.45) is 7.05 Å². The van der Waals surface area contributed by atoms with Crippen molar-refractivity contribution < 1.29 is 4.42 Å². The third-order valence-electron chi connectivity index (χ3n) is 4.18. The van der Waals surface area contributed by atoms with Gasteiger partial charge in [0, 0.05) is 39.3 Å². The summed E-state index contributed by atoms with van der Waals surface area (Å²) in [6, 6.07) is 6.50. The monoisotopic (exact) mass is 275 g/mol. The topological polar surface area (TPSA) is 50.4 Å². The molecule has 0 bridgehead atoms. The Morgan fingerprint density at radius 3 is 2.80 bits per heavy atom. The molecule has 1 aliphatic heterocycles. The molecule has 0 radical (unpaired) electrons. The van der Waals surface area contributed by atoms with Crippen LogP contribution < -0.4 is 11.1 Å². The molecule has 1 N–H and O–H groups in total. The molecule has 5 heteroatoms. The number of oxazole rings is 1. The van der Waals surface area contributed by atoms with Gasteiger partial charge in [-0.1, -0.05) is 13.0 Å². The minimum Gasteiger partial charge on any atom is -0.408 e. The van der Waals surface area contributed by atoms with Gasteiger partial charge in [0.05, 0.1) is 5.52 Å². The van der Waals surface area contributed by atoms with E-state index in [0.717, 1.165) is 38.1 Å². The second kappa shape index (κ2) is 5.42. The minimum absolute atomic E-state index is 0.299. The molecule has 1 aromatic carbocycles. The quantitative estimate of drug-likeness (QED) is 0.922. The Morgan fingerprint density at radius 1 is 1.35 bits per heavy atom. The first kappa shape index (κ1) is 13.4. The molecule has 5 nitrogen and oxygen atoms in total. The van der Waals surface area contributed by atoms with E-state index in [-0.39, 0.29) is 5.76 Å². The molecule has 2 aromatic rings. The van der Waals surface area contributed by atoms with E-state index in [1.54, 1.807) is 11.6 Å². The summed E-state index contributed by atoms with van der Waals surface area (Å²) < 4.78 is 6.77. The first-order valence-electron chi connectivity index (χ1n) is 7.25. The number of aryl methyl sites for hydroxylation is 1. The van der Waals surface area contributed by atoms with Crippen molar-refractivity contribution in [3.8, 4) is 0 Å². The summed E-state index contributed by atoms with van der Waals surface area (Å²) in [5, 5.41) is 3.39. The zero-order valence-corrected chi connectivity index (χ0v) is 12.1. The van der Waals surface area contributed by atoms with Crippen molar-refractivity contribution in [1.29, 1.82) is 0 Å². The van der Waals surface area contributed by atoms with Crippen LogP contribution in [0.25, 0.3) is 11.1 Å². The van der Waals surface area contributed by atoms with Crippen LogP contribution in [0.4, 0.5) is 0 Å². The third-order valence-corrected chi connectivity index (χ3v) is 4.18. The second-order valence-corrected chi connectivity index (χ2v) is 5.36. The Balaban J connectivity index is 1.98. The highest BCUT2D eigenvalue weighted by Crippen LogP contribution is 2.27. The standard InChI is InChI=1S/C15H21N3O2/c1-3-12(18-8-6-16-7-9-18)11-4-5-14-13(10-11)17(2)15(19)20-14/h4-5,10,12,16H,3,6-9H2,1-2H3. The zero-order chi connectivity index (χ0) is 14.1. The van der Waals surface area contributed by atoms with E-state index in [4.69, 9.17) is 4.42 Å². The van der Waals surface area contributed by atoms with Crippen LogP contribution >= 0.6 is 0 Å². The van der Waals surface area contributed by atoms with Crippen LogP contribution in [0, 0.1) is 0 Å². The minimum atomic E-state index is -0.299. The smallest absolute Gasteiger partial charge is 0.408 e. The van der Waals surface area contributed by atoms with Gasteiger partial charge in [-0.25, -0.2) is 4.79 Å². The van der Waals surface area contributed by atoms with Gasteiger partial charge in [0.2, 0.25) is 0 Å². The van der Waals surface area contributed by atoms with Crippen molar-refractivity contribution in [1.82, 2.24) is 14.8 Å². The van der Waals surface area contributed by atoms with E-state index >= 15 is 0 Å². The van der Waals surface area contributed by atoms with Gasteiger partial charge in [-0.3, -0.25) is 9.47 Å². The lowest BCUT2D eigenvalue weighted by molar-refractivity contribution is 0.169. The van der Waals surface area contributed by atoms with Crippen LogP contribution in [0.3, 0.4) is 0 Å². The van der Waals surface area contributed by atoms with E-state index in [1.807, 2.05) is 6.07 Å².